The van der Waals surface area contributed by atoms with Gasteiger partial charge in [0.25, 0.3) is 5.91 Å². The Kier molecular flexibility index (Phi) is 4.07. The van der Waals surface area contributed by atoms with Crippen molar-refractivity contribution in [3.8, 4) is 0 Å². The van der Waals surface area contributed by atoms with Gasteiger partial charge in [0.15, 0.2) is 0 Å². The number of nitrogens with zero attached hydrogens (tertiary/aromatic N) is 3. The lowest BCUT2D eigenvalue weighted by atomic mass is 10.2. The SMILES string of the molecule is O=C(Nc1cccc(N2CCOCC2)c1)c1ccncn1. The summed E-state index contributed by atoms with van der Waals surface area (Å²) in [4.78, 5) is 22.0. The van der Waals surface area contributed by atoms with Crippen LogP contribution in [0, 0.1) is 0 Å². The molecule has 1 aromatic carbocycles. The molecule has 1 saturated heterocycles. The number of hydrogen-bond donors (Lipinski definition) is 1. The number of amides is 1. The van der Waals surface area contributed by atoms with Gasteiger partial charge < -0.3 is 15.0 Å². The Labute approximate surface area is 122 Å². The fraction of sp³-hybridized carbons (Fsp3) is 0.267. The van der Waals surface area contributed by atoms with Crippen molar-refractivity contribution in [2.24, 2.45) is 0 Å². The first-order valence-electron chi connectivity index (χ1n) is 6.83. The molecule has 0 spiro atoms. The molecule has 1 N–H and O–H groups in total. The zero-order valence-electron chi connectivity index (χ0n) is 11.5. The third-order valence-electron chi connectivity index (χ3n) is 3.29. The Morgan fingerprint density at radius 3 is 2.86 bits per heavy atom. The van der Waals surface area contributed by atoms with E-state index in [-0.39, 0.29) is 5.91 Å². The molecule has 2 aromatic rings. The summed E-state index contributed by atoms with van der Waals surface area (Å²) < 4.78 is 5.35. The van der Waals surface area contributed by atoms with E-state index < -0.39 is 0 Å². The summed E-state index contributed by atoms with van der Waals surface area (Å²) in [6, 6.07) is 9.38. The highest BCUT2D eigenvalue weighted by atomic mass is 16.5. The number of benzene rings is 1. The normalized spacial score (nSPS) is 14.8. The highest BCUT2D eigenvalue weighted by Gasteiger charge is 2.12. The van der Waals surface area contributed by atoms with Crippen LogP contribution in [-0.2, 0) is 4.74 Å². The average molecular weight is 284 g/mol. The lowest BCUT2D eigenvalue weighted by Crippen LogP contribution is -2.36. The van der Waals surface area contributed by atoms with Crippen molar-refractivity contribution in [1.29, 1.82) is 0 Å². The monoisotopic (exact) mass is 284 g/mol. The second kappa shape index (κ2) is 6.32. The molecule has 0 radical (unpaired) electrons. The molecule has 1 aliphatic rings. The average Bonchev–Trinajstić information content (AvgIpc) is 2.57. The first-order valence-corrected chi connectivity index (χ1v) is 6.83. The van der Waals surface area contributed by atoms with E-state index in [1.807, 2.05) is 24.3 Å². The highest BCUT2D eigenvalue weighted by Crippen LogP contribution is 2.20. The Morgan fingerprint density at radius 2 is 2.10 bits per heavy atom. The van der Waals surface area contributed by atoms with Crippen LogP contribution in [0.15, 0.2) is 42.9 Å². The second-order valence-electron chi connectivity index (χ2n) is 4.70. The molecule has 6 heteroatoms. The molecule has 1 fully saturated rings. The highest BCUT2D eigenvalue weighted by molar-refractivity contribution is 6.02. The van der Waals surface area contributed by atoms with Crippen LogP contribution < -0.4 is 10.2 Å². The van der Waals surface area contributed by atoms with Gasteiger partial charge in [0.2, 0.25) is 0 Å². The van der Waals surface area contributed by atoms with E-state index in [0.29, 0.717) is 5.69 Å². The molecule has 108 valence electrons. The molecule has 21 heavy (non-hydrogen) atoms. The number of rotatable bonds is 3. The zero-order valence-corrected chi connectivity index (χ0v) is 11.5. The topological polar surface area (TPSA) is 67.4 Å². The van der Waals surface area contributed by atoms with Gasteiger partial charge in [-0.3, -0.25) is 4.79 Å². The summed E-state index contributed by atoms with van der Waals surface area (Å²) in [7, 11) is 0. The third-order valence-corrected chi connectivity index (χ3v) is 3.29. The van der Waals surface area contributed by atoms with E-state index in [4.69, 9.17) is 4.74 Å². The molecule has 1 aromatic heterocycles. The van der Waals surface area contributed by atoms with Gasteiger partial charge in [-0.15, -0.1) is 0 Å². The van der Waals surface area contributed by atoms with Crippen LogP contribution in [0.3, 0.4) is 0 Å². The van der Waals surface area contributed by atoms with Crippen molar-refractivity contribution >= 4 is 17.3 Å². The van der Waals surface area contributed by atoms with Crippen molar-refractivity contribution in [3.63, 3.8) is 0 Å². The lowest BCUT2D eigenvalue weighted by Gasteiger charge is -2.29. The summed E-state index contributed by atoms with van der Waals surface area (Å²) in [5.41, 5.74) is 2.18. The maximum absolute atomic E-state index is 12.1. The van der Waals surface area contributed by atoms with Crippen LogP contribution in [0.25, 0.3) is 0 Å². The molecular weight excluding hydrogens is 268 g/mol. The fourth-order valence-corrected chi connectivity index (χ4v) is 2.22. The number of carbonyl (C=O) groups is 1. The number of carbonyl (C=O) groups excluding carboxylic acids is 1. The Morgan fingerprint density at radius 1 is 1.24 bits per heavy atom. The molecule has 2 heterocycles. The summed E-state index contributed by atoms with van der Waals surface area (Å²) in [6.07, 6.45) is 2.91. The van der Waals surface area contributed by atoms with Gasteiger partial charge in [-0.05, 0) is 24.3 Å². The minimum absolute atomic E-state index is 0.239. The third kappa shape index (κ3) is 3.35. The van der Waals surface area contributed by atoms with Gasteiger partial charge in [-0.2, -0.15) is 0 Å². The second-order valence-corrected chi connectivity index (χ2v) is 4.70. The van der Waals surface area contributed by atoms with Gasteiger partial charge in [0.1, 0.15) is 12.0 Å². The summed E-state index contributed by atoms with van der Waals surface area (Å²) in [5, 5.41) is 2.85. The van der Waals surface area contributed by atoms with Gasteiger partial charge in [-0.1, -0.05) is 6.07 Å². The Balaban J connectivity index is 1.72. The Bertz CT molecular complexity index is 612. The van der Waals surface area contributed by atoms with Crippen LogP contribution in [0.5, 0.6) is 0 Å². The van der Waals surface area contributed by atoms with Gasteiger partial charge in [0.05, 0.1) is 13.2 Å². The minimum Gasteiger partial charge on any atom is -0.378 e. The molecular formula is C15H16N4O2. The van der Waals surface area contributed by atoms with Crippen LogP contribution in [0.1, 0.15) is 10.5 Å². The number of ether oxygens (including phenoxy) is 1. The largest absolute Gasteiger partial charge is 0.378 e. The molecule has 1 aliphatic heterocycles. The molecule has 0 aliphatic carbocycles. The summed E-state index contributed by atoms with van der Waals surface area (Å²) in [5.74, 6) is -0.239. The van der Waals surface area contributed by atoms with Crippen molar-refractivity contribution < 1.29 is 9.53 Å². The number of hydrogen-bond acceptors (Lipinski definition) is 5. The van der Waals surface area contributed by atoms with Crippen molar-refractivity contribution in [2.45, 2.75) is 0 Å². The van der Waals surface area contributed by atoms with Gasteiger partial charge >= 0.3 is 0 Å². The van der Waals surface area contributed by atoms with E-state index in [1.165, 1.54) is 6.33 Å². The quantitative estimate of drug-likeness (QED) is 0.926. The number of anilines is 2. The Hall–Kier alpha value is -2.47. The summed E-state index contributed by atoms with van der Waals surface area (Å²) in [6.45, 7) is 3.20. The van der Waals surface area contributed by atoms with Crippen LogP contribution in [-0.4, -0.2) is 42.2 Å². The maximum Gasteiger partial charge on any atom is 0.274 e. The fourth-order valence-electron chi connectivity index (χ4n) is 2.22. The zero-order chi connectivity index (χ0) is 14.5. The number of nitrogens with one attached hydrogen (secondary N) is 1. The predicted octanol–water partition coefficient (Wildman–Crippen LogP) is 1.57. The van der Waals surface area contributed by atoms with E-state index in [2.05, 4.69) is 20.2 Å². The molecule has 0 bridgehead atoms. The van der Waals surface area contributed by atoms with Crippen LogP contribution >= 0.6 is 0 Å². The van der Waals surface area contributed by atoms with Crippen molar-refractivity contribution in [2.75, 3.05) is 36.5 Å². The van der Waals surface area contributed by atoms with E-state index in [1.54, 1.807) is 12.3 Å². The minimum atomic E-state index is -0.239. The van der Waals surface area contributed by atoms with E-state index in [0.717, 1.165) is 37.7 Å². The predicted molar refractivity (Wildman–Crippen MR) is 79.5 cm³/mol. The maximum atomic E-state index is 12.1. The molecule has 6 nitrogen and oxygen atoms in total. The van der Waals surface area contributed by atoms with Gasteiger partial charge in [0, 0.05) is 30.7 Å². The lowest BCUT2D eigenvalue weighted by molar-refractivity contribution is 0.102. The molecule has 0 saturated carbocycles. The van der Waals surface area contributed by atoms with E-state index in [9.17, 15) is 4.79 Å². The molecule has 0 atom stereocenters. The van der Waals surface area contributed by atoms with Crippen molar-refractivity contribution in [3.05, 3.63) is 48.5 Å². The molecule has 1 amide bonds. The van der Waals surface area contributed by atoms with Gasteiger partial charge in [-0.25, -0.2) is 9.97 Å². The number of aromatic nitrogens is 2. The van der Waals surface area contributed by atoms with E-state index >= 15 is 0 Å². The molecule has 3 rings (SSSR count). The number of morpholine rings is 1. The first-order chi connectivity index (χ1) is 10.3. The molecule has 0 unspecified atom stereocenters. The van der Waals surface area contributed by atoms with Crippen LogP contribution in [0.4, 0.5) is 11.4 Å². The first kappa shape index (κ1) is 13.5. The standard InChI is InChI=1S/C15H16N4O2/c20-15(14-4-5-16-11-17-14)18-12-2-1-3-13(10-12)19-6-8-21-9-7-19/h1-5,10-11H,6-9H2,(H,18,20). The summed E-state index contributed by atoms with van der Waals surface area (Å²) >= 11 is 0. The van der Waals surface area contributed by atoms with Crippen molar-refractivity contribution in [1.82, 2.24) is 9.97 Å². The van der Waals surface area contributed by atoms with Crippen LogP contribution in [0.2, 0.25) is 0 Å². The smallest absolute Gasteiger partial charge is 0.274 e.